The van der Waals surface area contributed by atoms with Crippen LogP contribution >= 0.6 is 0 Å². The van der Waals surface area contributed by atoms with Crippen molar-refractivity contribution in [3.05, 3.63) is 34.9 Å². The van der Waals surface area contributed by atoms with Gasteiger partial charge in [0, 0.05) is 6.54 Å². The standard InChI is InChI=1S/C16H26N2/c1-13-4-5-16(10-14(13)2)12-18(3)9-7-15-6-8-17-11-15/h4-5,10,15,17H,6-9,11-12H2,1-3H3. The van der Waals surface area contributed by atoms with E-state index >= 15 is 0 Å². The minimum atomic E-state index is 0.896. The molecule has 1 aliphatic rings. The summed E-state index contributed by atoms with van der Waals surface area (Å²) < 4.78 is 0. The average Bonchev–Trinajstić information content (AvgIpc) is 2.84. The van der Waals surface area contributed by atoms with Crippen LogP contribution in [0.25, 0.3) is 0 Å². The van der Waals surface area contributed by atoms with Crippen LogP contribution in [-0.4, -0.2) is 31.6 Å². The molecule has 0 aromatic heterocycles. The molecule has 1 aliphatic heterocycles. The summed E-state index contributed by atoms with van der Waals surface area (Å²) in [5, 5.41) is 3.44. The SMILES string of the molecule is Cc1ccc(CN(C)CCC2CCNC2)cc1C. The summed E-state index contributed by atoms with van der Waals surface area (Å²) in [6.45, 7) is 9.09. The molecule has 1 unspecified atom stereocenters. The Hall–Kier alpha value is -0.860. The summed E-state index contributed by atoms with van der Waals surface area (Å²) in [7, 11) is 2.23. The van der Waals surface area contributed by atoms with E-state index in [2.05, 4.69) is 49.3 Å². The van der Waals surface area contributed by atoms with Crippen molar-refractivity contribution in [3.8, 4) is 0 Å². The first-order valence-electron chi connectivity index (χ1n) is 7.10. The van der Waals surface area contributed by atoms with Gasteiger partial charge in [-0.25, -0.2) is 0 Å². The molecule has 18 heavy (non-hydrogen) atoms. The molecule has 0 bridgehead atoms. The van der Waals surface area contributed by atoms with Gasteiger partial charge in [0.1, 0.15) is 0 Å². The molecule has 1 saturated heterocycles. The molecule has 2 nitrogen and oxygen atoms in total. The second-order valence-electron chi connectivity index (χ2n) is 5.80. The molecular formula is C16H26N2. The number of hydrogen-bond donors (Lipinski definition) is 1. The van der Waals surface area contributed by atoms with E-state index in [1.807, 2.05) is 0 Å². The largest absolute Gasteiger partial charge is 0.316 e. The molecule has 0 spiro atoms. The Kier molecular flexibility index (Phi) is 4.79. The van der Waals surface area contributed by atoms with Crippen molar-refractivity contribution in [1.82, 2.24) is 10.2 Å². The van der Waals surface area contributed by atoms with E-state index in [-0.39, 0.29) is 0 Å². The predicted molar refractivity (Wildman–Crippen MR) is 77.8 cm³/mol. The monoisotopic (exact) mass is 246 g/mol. The molecule has 100 valence electrons. The van der Waals surface area contributed by atoms with Gasteiger partial charge in [-0.1, -0.05) is 18.2 Å². The lowest BCUT2D eigenvalue weighted by atomic mass is 10.0. The Morgan fingerprint density at radius 3 is 2.78 bits per heavy atom. The Labute approximate surface area is 111 Å². The molecule has 1 N–H and O–H groups in total. The zero-order valence-corrected chi connectivity index (χ0v) is 12.0. The van der Waals surface area contributed by atoms with Crippen LogP contribution in [0, 0.1) is 19.8 Å². The highest BCUT2D eigenvalue weighted by atomic mass is 15.1. The molecule has 0 amide bonds. The van der Waals surface area contributed by atoms with Crippen LogP contribution in [0.15, 0.2) is 18.2 Å². The van der Waals surface area contributed by atoms with Gasteiger partial charge in [0.15, 0.2) is 0 Å². The maximum Gasteiger partial charge on any atom is 0.0230 e. The van der Waals surface area contributed by atoms with E-state index in [0.717, 1.165) is 12.5 Å². The summed E-state index contributed by atoms with van der Waals surface area (Å²) >= 11 is 0. The van der Waals surface area contributed by atoms with Crippen molar-refractivity contribution in [3.63, 3.8) is 0 Å². The van der Waals surface area contributed by atoms with Gasteiger partial charge in [0.05, 0.1) is 0 Å². The minimum Gasteiger partial charge on any atom is -0.316 e. The highest BCUT2D eigenvalue weighted by Gasteiger charge is 2.14. The second kappa shape index (κ2) is 6.35. The van der Waals surface area contributed by atoms with E-state index in [9.17, 15) is 0 Å². The van der Waals surface area contributed by atoms with Crippen LogP contribution in [0.4, 0.5) is 0 Å². The van der Waals surface area contributed by atoms with Gasteiger partial charge >= 0.3 is 0 Å². The molecule has 1 aromatic carbocycles. The van der Waals surface area contributed by atoms with Gasteiger partial charge in [-0.2, -0.15) is 0 Å². The molecule has 1 aromatic rings. The fourth-order valence-electron chi connectivity index (χ4n) is 2.66. The van der Waals surface area contributed by atoms with E-state index in [4.69, 9.17) is 0 Å². The van der Waals surface area contributed by atoms with Crippen LogP contribution < -0.4 is 5.32 Å². The first kappa shape index (κ1) is 13.6. The fourth-order valence-corrected chi connectivity index (χ4v) is 2.66. The van der Waals surface area contributed by atoms with Crippen molar-refractivity contribution in [2.45, 2.75) is 33.2 Å². The van der Waals surface area contributed by atoms with E-state index in [1.165, 1.54) is 49.2 Å². The van der Waals surface area contributed by atoms with Gasteiger partial charge in [-0.3, -0.25) is 0 Å². The van der Waals surface area contributed by atoms with Crippen molar-refractivity contribution in [2.24, 2.45) is 5.92 Å². The molecular weight excluding hydrogens is 220 g/mol. The van der Waals surface area contributed by atoms with Crippen LogP contribution in [-0.2, 0) is 6.54 Å². The number of aryl methyl sites for hydroxylation is 2. The zero-order valence-electron chi connectivity index (χ0n) is 12.0. The third kappa shape index (κ3) is 3.82. The third-order valence-electron chi connectivity index (χ3n) is 4.11. The Morgan fingerprint density at radius 1 is 1.28 bits per heavy atom. The van der Waals surface area contributed by atoms with Crippen LogP contribution in [0.2, 0.25) is 0 Å². The first-order chi connectivity index (χ1) is 8.65. The van der Waals surface area contributed by atoms with Crippen LogP contribution in [0.3, 0.4) is 0 Å². The zero-order chi connectivity index (χ0) is 13.0. The molecule has 0 saturated carbocycles. The number of hydrogen-bond acceptors (Lipinski definition) is 2. The summed E-state index contributed by atoms with van der Waals surface area (Å²) in [6, 6.07) is 6.82. The van der Waals surface area contributed by atoms with Gasteiger partial charge in [0.2, 0.25) is 0 Å². The van der Waals surface area contributed by atoms with E-state index < -0.39 is 0 Å². The normalized spacial score (nSPS) is 19.7. The van der Waals surface area contributed by atoms with Gasteiger partial charge < -0.3 is 10.2 Å². The number of rotatable bonds is 5. The number of nitrogens with one attached hydrogen (secondary N) is 1. The Morgan fingerprint density at radius 2 is 2.11 bits per heavy atom. The molecule has 0 aliphatic carbocycles. The maximum absolute atomic E-state index is 3.44. The summed E-state index contributed by atoms with van der Waals surface area (Å²) in [6.07, 6.45) is 2.69. The highest BCUT2D eigenvalue weighted by molar-refractivity contribution is 5.29. The average molecular weight is 246 g/mol. The van der Waals surface area contributed by atoms with Crippen molar-refractivity contribution >= 4 is 0 Å². The van der Waals surface area contributed by atoms with E-state index in [1.54, 1.807) is 0 Å². The number of nitrogens with zero attached hydrogens (tertiary/aromatic N) is 1. The quantitative estimate of drug-likeness (QED) is 0.859. The van der Waals surface area contributed by atoms with E-state index in [0.29, 0.717) is 0 Å². The van der Waals surface area contributed by atoms with Crippen molar-refractivity contribution < 1.29 is 0 Å². The van der Waals surface area contributed by atoms with Gasteiger partial charge in [0.25, 0.3) is 0 Å². The van der Waals surface area contributed by atoms with Crippen molar-refractivity contribution in [1.29, 1.82) is 0 Å². The smallest absolute Gasteiger partial charge is 0.0230 e. The Balaban J connectivity index is 1.78. The molecule has 1 atom stereocenters. The molecule has 1 fully saturated rings. The lowest BCUT2D eigenvalue weighted by Gasteiger charge is -2.19. The molecule has 2 rings (SSSR count). The molecule has 0 radical (unpaired) electrons. The van der Waals surface area contributed by atoms with Gasteiger partial charge in [-0.05, 0) is 76.0 Å². The fraction of sp³-hybridized carbons (Fsp3) is 0.625. The van der Waals surface area contributed by atoms with Crippen LogP contribution in [0.5, 0.6) is 0 Å². The Bertz CT molecular complexity index is 381. The lowest BCUT2D eigenvalue weighted by molar-refractivity contribution is 0.298. The summed E-state index contributed by atoms with van der Waals surface area (Å²) in [5.74, 6) is 0.896. The minimum absolute atomic E-state index is 0.896. The maximum atomic E-state index is 3.44. The predicted octanol–water partition coefficient (Wildman–Crippen LogP) is 2.73. The van der Waals surface area contributed by atoms with Gasteiger partial charge in [-0.15, -0.1) is 0 Å². The molecule has 2 heteroatoms. The lowest BCUT2D eigenvalue weighted by Crippen LogP contribution is -2.22. The topological polar surface area (TPSA) is 15.3 Å². The number of benzene rings is 1. The highest BCUT2D eigenvalue weighted by Crippen LogP contribution is 2.14. The molecule has 1 heterocycles. The van der Waals surface area contributed by atoms with Crippen molar-refractivity contribution in [2.75, 3.05) is 26.7 Å². The first-order valence-corrected chi connectivity index (χ1v) is 7.10. The summed E-state index contributed by atoms with van der Waals surface area (Å²) in [4.78, 5) is 2.45. The van der Waals surface area contributed by atoms with Crippen LogP contribution in [0.1, 0.15) is 29.5 Å². The second-order valence-corrected chi connectivity index (χ2v) is 5.80. The summed E-state index contributed by atoms with van der Waals surface area (Å²) in [5.41, 5.74) is 4.23. The third-order valence-corrected chi connectivity index (χ3v) is 4.11.